The van der Waals surface area contributed by atoms with Gasteiger partial charge >= 0.3 is 0 Å². The third-order valence-corrected chi connectivity index (χ3v) is 6.45. The summed E-state index contributed by atoms with van der Waals surface area (Å²) in [6.07, 6.45) is 4.11. The number of nitrogens with one attached hydrogen (secondary N) is 2. The molecule has 0 aliphatic heterocycles. The van der Waals surface area contributed by atoms with Gasteiger partial charge in [-0.2, -0.15) is 5.10 Å². The van der Waals surface area contributed by atoms with Crippen LogP contribution in [0.4, 0.5) is 0 Å². The molecule has 0 radical (unpaired) electrons. The molecule has 33 heavy (non-hydrogen) atoms. The monoisotopic (exact) mass is 440 g/mol. The van der Waals surface area contributed by atoms with Gasteiger partial charge in [-0.1, -0.05) is 32.0 Å². The number of ketones is 1. The van der Waals surface area contributed by atoms with Crippen LogP contribution in [0.15, 0.2) is 54.7 Å². The number of rotatable bonds is 5. The zero-order chi connectivity index (χ0) is 23.2. The molecule has 0 spiro atoms. The lowest BCUT2D eigenvalue weighted by Crippen LogP contribution is -2.28. The molecule has 168 valence electrons. The molecule has 5 rings (SSSR count). The Morgan fingerprint density at radius 2 is 1.88 bits per heavy atom. The summed E-state index contributed by atoms with van der Waals surface area (Å²) in [5, 5.41) is 8.85. The normalized spacial score (nSPS) is 14.9. The molecule has 2 heterocycles. The van der Waals surface area contributed by atoms with Crippen molar-refractivity contribution in [3.05, 3.63) is 82.8 Å². The summed E-state index contributed by atoms with van der Waals surface area (Å²) in [5.74, 6) is 0.0626. The summed E-state index contributed by atoms with van der Waals surface area (Å²) in [6, 6.07) is 15.6. The van der Waals surface area contributed by atoms with Crippen LogP contribution in [0, 0.1) is 12.3 Å². The molecular formula is C27H28N4O2. The van der Waals surface area contributed by atoms with Crippen molar-refractivity contribution >= 4 is 22.6 Å². The first-order chi connectivity index (χ1) is 15.8. The average molecular weight is 441 g/mol. The molecule has 0 bridgehead atoms. The molecule has 0 unspecified atom stereocenters. The largest absolute Gasteiger partial charge is 0.361 e. The Hall–Kier alpha value is -3.67. The van der Waals surface area contributed by atoms with Crippen LogP contribution in [0.3, 0.4) is 0 Å². The number of hydrogen-bond donors (Lipinski definition) is 2. The van der Waals surface area contributed by atoms with Crippen molar-refractivity contribution in [2.45, 2.75) is 40.0 Å². The van der Waals surface area contributed by atoms with Gasteiger partial charge in [-0.05, 0) is 61.1 Å². The minimum absolute atomic E-state index is 0.0844. The highest BCUT2D eigenvalue weighted by Gasteiger charge is 2.35. The van der Waals surface area contributed by atoms with Gasteiger partial charge in [0.2, 0.25) is 0 Å². The fourth-order valence-electron chi connectivity index (χ4n) is 4.86. The van der Waals surface area contributed by atoms with Gasteiger partial charge in [0.15, 0.2) is 5.78 Å². The molecule has 4 aromatic rings. The SMILES string of the molecule is Cc1nn(-c2ccc(C(=O)NCCc3c[nH]c4ccccc34)cc2)c2c1C(=O)CC(C)(C)C2. The van der Waals surface area contributed by atoms with Crippen molar-refractivity contribution in [3.8, 4) is 5.69 Å². The molecule has 1 aliphatic carbocycles. The van der Waals surface area contributed by atoms with E-state index in [9.17, 15) is 9.59 Å². The molecule has 6 heteroatoms. The molecule has 2 aromatic carbocycles. The number of amides is 1. The van der Waals surface area contributed by atoms with E-state index in [1.54, 1.807) is 0 Å². The van der Waals surface area contributed by atoms with E-state index < -0.39 is 0 Å². The predicted molar refractivity (Wildman–Crippen MR) is 129 cm³/mol. The number of Topliss-reactive ketones (excluding diaryl/α,β-unsaturated/α-hetero) is 1. The fourth-order valence-corrected chi connectivity index (χ4v) is 4.86. The zero-order valence-electron chi connectivity index (χ0n) is 19.2. The number of hydrogen-bond acceptors (Lipinski definition) is 3. The van der Waals surface area contributed by atoms with Crippen LogP contribution in [0.5, 0.6) is 0 Å². The summed E-state index contributed by atoms with van der Waals surface area (Å²) in [4.78, 5) is 28.6. The third kappa shape index (κ3) is 3.97. The van der Waals surface area contributed by atoms with Gasteiger partial charge < -0.3 is 10.3 Å². The number of para-hydroxylation sites is 1. The topological polar surface area (TPSA) is 79.8 Å². The van der Waals surface area contributed by atoms with E-state index in [2.05, 4.69) is 35.3 Å². The van der Waals surface area contributed by atoms with Crippen LogP contribution in [0.1, 0.15) is 57.9 Å². The minimum atomic E-state index is -0.101. The van der Waals surface area contributed by atoms with E-state index >= 15 is 0 Å². The first-order valence-corrected chi connectivity index (χ1v) is 11.4. The van der Waals surface area contributed by atoms with Gasteiger partial charge in [0.05, 0.1) is 22.6 Å². The van der Waals surface area contributed by atoms with E-state index in [0.717, 1.165) is 41.0 Å². The maximum absolute atomic E-state index is 12.7. The number of benzene rings is 2. The predicted octanol–water partition coefficient (Wildman–Crippen LogP) is 4.79. The average Bonchev–Trinajstić information content (AvgIpc) is 3.34. The number of aryl methyl sites for hydroxylation is 1. The lowest BCUT2D eigenvalue weighted by molar-refractivity contribution is 0.0908. The highest BCUT2D eigenvalue weighted by molar-refractivity contribution is 6.00. The third-order valence-electron chi connectivity index (χ3n) is 6.45. The lowest BCUT2D eigenvalue weighted by atomic mass is 9.75. The first-order valence-electron chi connectivity index (χ1n) is 11.4. The molecule has 1 aliphatic rings. The molecule has 2 aromatic heterocycles. The molecule has 0 saturated carbocycles. The van der Waals surface area contributed by atoms with Crippen molar-refractivity contribution in [2.24, 2.45) is 5.41 Å². The lowest BCUT2D eigenvalue weighted by Gasteiger charge is -2.29. The zero-order valence-corrected chi connectivity index (χ0v) is 19.2. The van der Waals surface area contributed by atoms with E-state index in [-0.39, 0.29) is 17.1 Å². The van der Waals surface area contributed by atoms with Gasteiger partial charge in [-0.3, -0.25) is 9.59 Å². The molecule has 6 nitrogen and oxygen atoms in total. The van der Waals surface area contributed by atoms with Crippen LogP contribution >= 0.6 is 0 Å². The van der Waals surface area contributed by atoms with Crippen molar-refractivity contribution in [1.29, 1.82) is 0 Å². The quantitative estimate of drug-likeness (QED) is 0.468. The Morgan fingerprint density at radius 3 is 2.67 bits per heavy atom. The summed E-state index contributed by atoms with van der Waals surface area (Å²) in [7, 11) is 0. The van der Waals surface area contributed by atoms with Crippen molar-refractivity contribution in [3.63, 3.8) is 0 Å². The first kappa shape index (κ1) is 21.2. The number of nitrogens with zero attached hydrogens (tertiary/aromatic N) is 2. The standard InChI is InChI=1S/C27H28N4O2/c1-17-25-23(14-27(2,3)15-24(25)32)31(30-17)20-10-8-18(9-11-20)26(33)28-13-12-19-16-29-22-7-5-4-6-21(19)22/h4-11,16,29H,12-15H2,1-3H3,(H,28,33). The van der Waals surface area contributed by atoms with Crippen molar-refractivity contribution < 1.29 is 9.59 Å². The summed E-state index contributed by atoms with van der Waals surface area (Å²) in [6.45, 7) is 6.68. The number of aromatic amines is 1. The second-order valence-corrected chi connectivity index (χ2v) is 9.67. The summed E-state index contributed by atoms with van der Waals surface area (Å²) < 4.78 is 1.86. The number of carbonyl (C=O) groups is 2. The smallest absolute Gasteiger partial charge is 0.251 e. The highest BCUT2D eigenvalue weighted by atomic mass is 16.1. The maximum atomic E-state index is 12.7. The Labute approximate surface area is 193 Å². The second-order valence-electron chi connectivity index (χ2n) is 9.67. The summed E-state index contributed by atoms with van der Waals surface area (Å²) >= 11 is 0. The van der Waals surface area contributed by atoms with Crippen LogP contribution in [-0.2, 0) is 12.8 Å². The molecule has 2 N–H and O–H groups in total. The fraction of sp³-hybridized carbons (Fsp3) is 0.296. The Balaban J connectivity index is 1.29. The van der Waals surface area contributed by atoms with Crippen LogP contribution in [0.2, 0.25) is 0 Å². The maximum Gasteiger partial charge on any atom is 0.251 e. The van der Waals surface area contributed by atoms with Gasteiger partial charge in [0, 0.05) is 35.6 Å². The van der Waals surface area contributed by atoms with Gasteiger partial charge in [0.25, 0.3) is 5.91 Å². The Bertz CT molecular complexity index is 1360. The molecule has 0 saturated heterocycles. The molecule has 1 amide bonds. The second kappa shape index (κ2) is 8.03. The van der Waals surface area contributed by atoms with Crippen LogP contribution in [-0.4, -0.2) is 33.0 Å². The van der Waals surface area contributed by atoms with Gasteiger partial charge in [-0.15, -0.1) is 0 Å². The molecular weight excluding hydrogens is 412 g/mol. The van der Waals surface area contributed by atoms with Crippen molar-refractivity contribution in [2.75, 3.05) is 6.54 Å². The van der Waals surface area contributed by atoms with E-state index in [0.29, 0.717) is 18.5 Å². The van der Waals surface area contributed by atoms with Crippen molar-refractivity contribution in [1.82, 2.24) is 20.1 Å². The Morgan fingerprint density at radius 1 is 1.12 bits per heavy atom. The molecule has 0 fully saturated rings. The van der Waals surface area contributed by atoms with Crippen LogP contribution in [0.25, 0.3) is 16.6 Å². The van der Waals surface area contributed by atoms with E-state index in [1.165, 1.54) is 10.9 Å². The van der Waals surface area contributed by atoms with Crippen LogP contribution < -0.4 is 5.32 Å². The Kier molecular flexibility index (Phi) is 5.16. The highest BCUT2D eigenvalue weighted by Crippen LogP contribution is 2.36. The van der Waals surface area contributed by atoms with E-state index in [1.807, 2.05) is 60.3 Å². The minimum Gasteiger partial charge on any atom is -0.361 e. The van der Waals surface area contributed by atoms with Gasteiger partial charge in [-0.25, -0.2) is 4.68 Å². The number of carbonyl (C=O) groups excluding carboxylic acids is 2. The number of H-pyrrole nitrogens is 1. The summed E-state index contributed by atoms with van der Waals surface area (Å²) in [5.41, 5.74) is 6.17. The number of aromatic nitrogens is 3. The molecule has 0 atom stereocenters. The van der Waals surface area contributed by atoms with E-state index in [4.69, 9.17) is 0 Å². The van der Waals surface area contributed by atoms with Gasteiger partial charge in [0.1, 0.15) is 0 Å². The number of fused-ring (bicyclic) bond motifs is 2.